The lowest BCUT2D eigenvalue weighted by Gasteiger charge is -2.31. The van der Waals surface area contributed by atoms with Crippen LogP contribution >= 0.6 is 0 Å². The van der Waals surface area contributed by atoms with Crippen molar-refractivity contribution in [2.45, 2.75) is 32.1 Å². The second-order valence-electron chi connectivity index (χ2n) is 5.15. The zero-order valence-electron chi connectivity index (χ0n) is 13.4. The summed E-state index contributed by atoms with van der Waals surface area (Å²) in [7, 11) is 1.68. The standard InChI is InChI=1S/C17H28N2O2/c1-4-17(5-2,15-9-7-6-8-10-15)16(20)19-12-11-18-13-14-21-3/h6-10,18H,4-5,11-14H2,1-3H3,(H,19,20). The van der Waals surface area contributed by atoms with Crippen LogP contribution in [0.4, 0.5) is 0 Å². The maximum absolute atomic E-state index is 12.7. The predicted molar refractivity (Wildman–Crippen MR) is 86.5 cm³/mol. The molecule has 0 radical (unpaired) electrons. The van der Waals surface area contributed by atoms with E-state index >= 15 is 0 Å². The Kier molecular flexibility index (Phi) is 8.01. The maximum atomic E-state index is 12.7. The van der Waals surface area contributed by atoms with Crippen molar-refractivity contribution in [3.8, 4) is 0 Å². The van der Waals surface area contributed by atoms with E-state index < -0.39 is 5.41 Å². The van der Waals surface area contributed by atoms with Crippen molar-refractivity contribution in [3.63, 3.8) is 0 Å². The molecule has 0 aliphatic heterocycles. The molecule has 0 unspecified atom stereocenters. The van der Waals surface area contributed by atoms with E-state index in [0.29, 0.717) is 13.2 Å². The molecule has 0 heterocycles. The van der Waals surface area contributed by atoms with E-state index in [1.165, 1.54) is 0 Å². The summed E-state index contributed by atoms with van der Waals surface area (Å²) in [6.45, 7) is 7.04. The van der Waals surface area contributed by atoms with Gasteiger partial charge in [0, 0.05) is 26.7 Å². The number of ether oxygens (including phenoxy) is 1. The molecule has 0 aliphatic carbocycles. The second-order valence-corrected chi connectivity index (χ2v) is 5.15. The van der Waals surface area contributed by atoms with Crippen LogP contribution in [-0.4, -0.2) is 39.3 Å². The fourth-order valence-corrected chi connectivity index (χ4v) is 2.60. The molecule has 118 valence electrons. The van der Waals surface area contributed by atoms with Crippen LogP contribution in [0.25, 0.3) is 0 Å². The van der Waals surface area contributed by atoms with Crippen LogP contribution < -0.4 is 10.6 Å². The minimum Gasteiger partial charge on any atom is -0.383 e. The summed E-state index contributed by atoms with van der Waals surface area (Å²) in [6, 6.07) is 10.1. The van der Waals surface area contributed by atoms with Crippen molar-refractivity contribution >= 4 is 5.91 Å². The topological polar surface area (TPSA) is 50.4 Å². The van der Waals surface area contributed by atoms with E-state index in [9.17, 15) is 4.79 Å². The molecule has 1 aromatic carbocycles. The first kappa shape index (κ1) is 17.7. The van der Waals surface area contributed by atoms with Crippen molar-refractivity contribution in [2.75, 3.05) is 33.4 Å². The monoisotopic (exact) mass is 292 g/mol. The van der Waals surface area contributed by atoms with Crippen LogP contribution in [0, 0.1) is 0 Å². The Balaban J connectivity index is 2.58. The Morgan fingerprint density at radius 2 is 1.76 bits per heavy atom. The molecule has 0 saturated carbocycles. The maximum Gasteiger partial charge on any atom is 0.230 e. The number of rotatable bonds is 10. The minimum absolute atomic E-state index is 0.118. The molecule has 0 bridgehead atoms. The fourth-order valence-electron chi connectivity index (χ4n) is 2.60. The fraction of sp³-hybridized carbons (Fsp3) is 0.588. The van der Waals surface area contributed by atoms with Gasteiger partial charge in [-0.3, -0.25) is 4.79 Å². The zero-order valence-corrected chi connectivity index (χ0v) is 13.4. The lowest BCUT2D eigenvalue weighted by Crippen LogP contribution is -2.45. The van der Waals surface area contributed by atoms with Gasteiger partial charge < -0.3 is 15.4 Å². The molecule has 1 aromatic rings. The number of benzene rings is 1. The van der Waals surface area contributed by atoms with Gasteiger partial charge in [-0.2, -0.15) is 0 Å². The van der Waals surface area contributed by atoms with Gasteiger partial charge in [-0.15, -0.1) is 0 Å². The molecule has 0 fully saturated rings. The normalized spacial score (nSPS) is 11.4. The molecule has 2 N–H and O–H groups in total. The number of nitrogens with one attached hydrogen (secondary N) is 2. The number of hydrogen-bond acceptors (Lipinski definition) is 3. The summed E-state index contributed by atoms with van der Waals surface area (Å²) in [6.07, 6.45) is 1.60. The van der Waals surface area contributed by atoms with Crippen LogP contribution in [0.15, 0.2) is 30.3 Å². The highest BCUT2D eigenvalue weighted by Crippen LogP contribution is 2.31. The highest BCUT2D eigenvalue weighted by molar-refractivity contribution is 5.88. The summed E-state index contributed by atoms with van der Waals surface area (Å²) in [5.74, 6) is 0.118. The van der Waals surface area contributed by atoms with Gasteiger partial charge in [0.15, 0.2) is 0 Å². The van der Waals surface area contributed by atoms with E-state index in [2.05, 4.69) is 24.5 Å². The van der Waals surface area contributed by atoms with Crippen LogP contribution in [0.5, 0.6) is 0 Å². The average Bonchev–Trinajstić information content (AvgIpc) is 2.53. The summed E-state index contributed by atoms with van der Waals surface area (Å²) >= 11 is 0. The third-order valence-electron chi connectivity index (χ3n) is 4.04. The van der Waals surface area contributed by atoms with Crippen LogP contribution in [0.1, 0.15) is 32.3 Å². The van der Waals surface area contributed by atoms with Gasteiger partial charge >= 0.3 is 0 Å². The van der Waals surface area contributed by atoms with Gasteiger partial charge in [-0.1, -0.05) is 44.2 Å². The molecule has 0 saturated heterocycles. The Bertz CT molecular complexity index is 403. The second kappa shape index (κ2) is 9.53. The first-order valence-corrected chi connectivity index (χ1v) is 7.74. The molecule has 0 atom stereocenters. The first-order valence-electron chi connectivity index (χ1n) is 7.74. The number of carbonyl (C=O) groups excluding carboxylic acids is 1. The summed E-state index contributed by atoms with van der Waals surface area (Å²) in [4.78, 5) is 12.7. The van der Waals surface area contributed by atoms with Gasteiger partial charge in [0.05, 0.1) is 12.0 Å². The Morgan fingerprint density at radius 1 is 1.10 bits per heavy atom. The number of hydrogen-bond donors (Lipinski definition) is 2. The lowest BCUT2D eigenvalue weighted by atomic mass is 9.75. The van der Waals surface area contributed by atoms with Gasteiger partial charge in [0.1, 0.15) is 0 Å². The molecular weight excluding hydrogens is 264 g/mol. The summed E-state index contributed by atoms with van der Waals surface area (Å²) < 4.78 is 4.97. The number of carbonyl (C=O) groups is 1. The minimum atomic E-state index is -0.423. The Hall–Kier alpha value is -1.39. The molecule has 0 aromatic heterocycles. The molecule has 21 heavy (non-hydrogen) atoms. The van der Waals surface area contributed by atoms with Crippen molar-refractivity contribution < 1.29 is 9.53 Å². The van der Waals surface area contributed by atoms with Crippen molar-refractivity contribution in [1.29, 1.82) is 0 Å². The van der Waals surface area contributed by atoms with E-state index in [-0.39, 0.29) is 5.91 Å². The highest BCUT2D eigenvalue weighted by Gasteiger charge is 2.36. The predicted octanol–water partition coefficient (Wildman–Crippen LogP) is 2.10. The van der Waals surface area contributed by atoms with E-state index in [1.807, 2.05) is 30.3 Å². The molecule has 1 amide bonds. The molecule has 1 rings (SSSR count). The lowest BCUT2D eigenvalue weighted by molar-refractivity contribution is -0.127. The Labute approximate surface area is 128 Å². The molecule has 0 spiro atoms. The smallest absolute Gasteiger partial charge is 0.230 e. The summed E-state index contributed by atoms with van der Waals surface area (Å²) in [5, 5.41) is 6.29. The van der Waals surface area contributed by atoms with Crippen LogP contribution in [0.2, 0.25) is 0 Å². The summed E-state index contributed by atoms with van der Waals surface area (Å²) in [5.41, 5.74) is 0.674. The first-order chi connectivity index (χ1) is 10.2. The molecule has 0 aliphatic rings. The van der Waals surface area contributed by atoms with Crippen LogP contribution in [0.3, 0.4) is 0 Å². The van der Waals surface area contributed by atoms with Gasteiger partial charge in [-0.05, 0) is 18.4 Å². The quantitative estimate of drug-likeness (QED) is 0.649. The Morgan fingerprint density at radius 3 is 2.33 bits per heavy atom. The number of methoxy groups -OCH3 is 1. The number of amides is 1. The van der Waals surface area contributed by atoms with E-state index in [4.69, 9.17) is 4.74 Å². The molecular formula is C17H28N2O2. The highest BCUT2D eigenvalue weighted by atomic mass is 16.5. The van der Waals surface area contributed by atoms with Crippen molar-refractivity contribution in [2.24, 2.45) is 0 Å². The van der Waals surface area contributed by atoms with Gasteiger partial charge in [-0.25, -0.2) is 0 Å². The third-order valence-corrected chi connectivity index (χ3v) is 4.04. The van der Waals surface area contributed by atoms with E-state index in [0.717, 1.165) is 31.5 Å². The van der Waals surface area contributed by atoms with Crippen molar-refractivity contribution in [3.05, 3.63) is 35.9 Å². The molecule has 4 nitrogen and oxygen atoms in total. The third kappa shape index (κ3) is 4.83. The SMILES string of the molecule is CCC(CC)(C(=O)NCCNCCOC)c1ccccc1. The van der Waals surface area contributed by atoms with Gasteiger partial charge in [0.25, 0.3) is 0 Å². The zero-order chi connectivity index (χ0) is 15.6. The van der Waals surface area contributed by atoms with Crippen LogP contribution in [-0.2, 0) is 14.9 Å². The largest absolute Gasteiger partial charge is 0.383 e. The van der Waals surface area contributed by atoms with Gasteiger partial charge in [0.2, 0.25) is 5.91 Å². The molecule has 4 heteroatoms. The average molecular weight is 292 g/mol. The van der Waals surface area contributed by atoms with E-state index in [1.54, 1.807) is 7.11 Å². The van der Waals surface area contributed by atoms with Crippen molar-refractivity contribution in [1.82, 2.24) is 10.6 Å².